The molecular weight excluding hydrogens is 245 g/mol. The van der Waals surface area contributed by atoms with E-state index in [1.54, 1.807) is 0 Å². The minimum atomic E-state index is -4.29. The van der Waals surface area contributed by atoms with Crippen molar-refractivity contribution in [2.24, 2.45) is 11.1 Å². The molecule has 1 heterocycles. The van der Waals surface area contributed by atoms with Gasteiger partial charge in [0.25, 0.3) is 0 Å². The maximum absolute atomic E-state index is 12.4. The lowest BCUT2D eigenvalue weighted by Crippen LogP contribution is -2.51. The standard InChI is InChI=1S/C12H19F3N2O/c1-11(2,3)9(16)10(18)17-6-4-8(5-7-17)12(13,14)15/h4,9H,5-7,16H2,1-3H3/t9-/m1/s1. The van der Waals surface area contributed by atoms with Crippen molar-refractivity contribution in [2.75, 3.05) is 13.1 Å². The smallest absolute Gasteiger partial charge is 0.337 e. The average Bonchev–Trinajstić information content (AvgIpc) is 2.25. The molecule has 1 amide bonds. The first kappa shape index (κ1) is 15.0. The molecule has 0 aromatic carbocycles. The van der Waals surface area contributed by atoms with Crippen LogP contribution in [0.1, 0.15) is 27.2 Å². The molecular formula is C12H19F3N2O. The van der Waals surface area contributed by atoms with Crippen molar-refractivity contribution in [3.8, 4) is 0 Å². The molecule has 1 atom stereocenters. The van der Waals surface area contributed by atoms with Crippen LogP contribution in [0.25, 0.3) is 0 Å². The summed E-state index contributed by atoms with van der Waals surface area (Å²) in [7, 11) is 0. The minimum Gasteiger partial charge on any atom is -0.337 e. The van der Waals surface area contributed by atoms with Crippen LogP contribution in [0.15, 0.2) is 11.6 Å². The Morgan fingerprint density at radius 2 is 1.94 bits per heavy atom. The lowest BCUT2D eigenvalue weighted by molar-refractivity contribution is -0.135. The second-order valence-corrected chi connectivity index (χ2v) is 5.61. The van der Waals surface area contributed by atoms with Gasteiger partial charge in [-0.3, -0.25) is 4.79 Å². The van der Waals surface area contributed by atoms with E-state index >= 15 is 0 Å². The number of rotatable bonds is 1. The summed E-state index contributed by atoms with van der Waals surface area (Å²) in [5, 5.41) is 0. The molecule has 6 heteroatoms. The summed E-state index contributed by atoms with van der Waals surface area (Å²) in [5.41, 5.74) is 4.85. The molecule has 18 heavy (non-hydrogen) atoms. The van der Waals surface area contributed by atoms with Gasteiger partial charge in [-0.1, -0.05) is 26.8 Å². The molecule has 2 N–H and O–H groups in total. The summed E-state index contributed by atoms with van der Waals surface area (Å²) >= 11 is 0. The number of hydrogen-bond acceptors (Lipinski definition) is 2. The van der Waals surface area contributed by atoms with Gasteiger partial charge in [-0.2, -0.15) is 13.2 Å². The van der Waals surface area contributed by atoms with Gasteiger partial charge in [-0.15, -0.1) is 0 Å². The summed E-state index contributed by atoms with van der Waals surface area (Å²) in [6.07, 6.45) is -3.38. The summed E-state index contributed by atoms with van der Waals surface area (Å²) in [5.74, 6) is -0.292. The van der Waals surface area contributed by atoms with Crippen molar-refractivity contribution in [2.45, 2.75) is 39.4 Å². The van der Waals surface area contributed by atoms with Crippen LogP contribution in [0.5, 0.6) is 0 Å². The lowest BCUT2D eigenvalue weighted by Gasteiger charge is -2.33. The van der Waals surface area contributed by atoms with Gasteiger partial charge in [0.2, 0.25) is 5.91 Å². The molecule has 0 saturated carbocycles. The molecule has 0 saturated heterocycles. The predicted molar refractivity (Wildman–Crippen MR) is 62.8 cm³/mol. The highest BCUT2D eigenvalue weighted by Crippen LogP contribution is 2.30. The van der Waals surface area contributed by atoms with Crippen molar-refractivity contribution in [3.05, 3.63) is 11.6 Å². The lowest BCUT2D eigenvalue weighted by atomic mass is 9.86. The number of hydrogen-bond donors (Lipinski definition) is 1. The van der Waals surface area contributed by atoms with Crippen LogP contribution >= 0.6 is 0 Å². The zero-order valence-electron chi connectivity index (χ0n) is 10.8. The second-order valence-electron chi connectivity index (χ2n) is 5.61. The van der Waals surface area contributed by atoms with Crippen LogP contribution in [0.4, 0.5) is 13.2 Å². The zero-order valence-corrected chi connectivity index (χ0v) is 10.8. The van der Waals surface area contributed by atoms with Crippen molar-refractivity contribution >= 4 is 5.91 Å². The van der Waals surface area contributed by atoms with E-state index in [1.807, 2.05) is 20.8 Å². The van der Waals surface area contributed by atoms with Crippen molar-refractivity contribution < 1.29 is 18.0 Å². The highest BCUT2D eigenvalue weighted by Gasteiger charge is 2.37. The molecule has 104 valence electrons. The highest BCUT2D eigenvalue weighted by molar-refractivity contribution is 5.82. The van der Waals surface area contributed by atoms with Gasteiger partial charge < -0.3 is 10.6 Å². The number of nitrogens with two attached hydrogens (primary N) is 1. The van der Waals surface area contributed by atoms with Gasteiger partial charge in [-0.25, -0.2) is 0 Å². The molecule has 0 aromatic rings. The quantitative estimate of drug-likeness (QED) is 0.737. The normalized spacial score (nSPS) is 19.5. The van der Waals surface area contributed by atoms with E-state index < -0.39 is 23.2 Å². The third-order valence-electron chi connectivity index (χ3n) is 3.08. The Kier molecular flexibility index (Phi) is 4.10. The molecule has 0 aromatic heterocycles. The number of alkyl halides is 3. The monoisotopic (exact) mass is 264 g/mol. The minimum absolute atomic E-state index is 0.0164. The first-order valence-corrected chi connectivity index (χ1v) is 5.84. The van der Waals surface area contributed by atoms with Gasteiger partial charge >= 0.3 is 6.18 Å². The Labute approximate surface area is 105 Å². The average molecular weight is 264 g/mol. The first-order chi connectivity index (χ1) is 8.03. The summed E-state index contributed by atoms with van der Waals surface area (Å²) in [6.45, 7) is 5.55. The number of amides is 1. The Morgan fingerprint density at radius 3 is 2.28 bits per heavy atom. The van der Waals surface area contributed by atoms with Gasteiger partial charge in [0, 0.05) is 18.7 Å². The molecule has 0 aliphatic carbocycles. The van der Waals surface area contributed by atoms with Gasteiger partial charge in [0.05, 0.1) is 6.04 Å². The van der Waals surface area contributed by atoms with Crippen molar-refractivity contribution in [1.29, 1.82) is 0 Å². The van der Waals surface area contributed by atoms with Crippen molar-refractivity contribution in [3.63, 3.8) is 0 Å². The predicted octanol–water partition coefficient (Wildman–Crippen LogP) is 2.08. The molecule has 0 bridgehead atoms. The second kappa shape index (κ2) is 4.91. The fourth-order valence-corrected chi connectivity index (χ4v) is 1.69. The molecule has 0 unspecified atom stereocenters. The van der Waals surface area contributed by atoms with Crippen LogP contribution in [-0.2, 0) is 4.79 Å². The molecule has 0 spiro atoms. The maximum atomic E-state index is 12.4. The van der Waals surface area contributed by atoms with Gasteiger partial charge in [0.15, 0.2) is 0 Å². The molecule has 1 rings (SSSR count). The van der Waals surface area contributed by atoms with Crippen LogP contribution in [0.2, 0.25) is 0 Å². The van der Waals surface area contributed by atoms with Gasteiger partial charge in [0.1, 0.15) is 0 Å². The van der Waals surface area contributed by atoms with Crippen LogP contribution < -0.4 is 5.73 Å². The summed E-state index contributed by atoms with van der Waals surface area (Å²) in [4.78, 5) is 13.4. The Balaban J connectivity index is 2.69. The molecule has 0 radical (unpaired) electrons. The van der Waals surface area contributed by atoms with E-state index in [9.17, 15) is 18.0 Å². The third kappa shape index (κ3) is 3.48. The molecule has 1 aliphatic rings. The first-order valence-electron chi connectivity index (χ1n) is 5.84. The Hall–Kier alpha value is -1.04. The van der Waals surface area contributed by atoms with Crippen molar-refractivity contribution in [1.82, 2.24) is 4.90 Å². The molecule has 3 nitrogen and oxygen atoms in total. The molecule has 0 fully saturated rings. The fraction of sp³-hybridized carbons (Fsp3) is 0.750. The van der Waals surface area contributed by atoms with E-state index in [2.05, 4.69) is 0 Å². The fourth-order valence-electron chi connectivity index (χ4n) is 1.69. The summed E-state index contributed by atoms with van der Waals surface area (Å²) < 4.78 is 37.3. The third-order valence-corrected chi connectivity index (χ3v) is 3.08. The number of carbonyl (C=O) groups is 1. The van der Waals surface area contributed by atoms with E-state index in [-0.39, 0.29) is 25.4 Å². The van der Waals surface area contributed by atoms with Gasteiger partial charge in [-0.05, 0) is 11.8 Å². The van der Waals surface area contributed by atoms with E-state index in [4.69, 9.17) is 5.73 Å². The number of halogens is 3. The van der Waals surface area contributed by atoms with Crippen LogP contribution in [-0.4, -0.2) is 36.1 Å². The Bertz CT molecular complexity index is 355. The molecule has 1 aliphatic heterocycles. The van der Waals surface area contributed by atoms with Crippen LogP contribution in [0, 0.1) is 5.41 Å². The maximum Gasteiger partial charge on any atom is 0.412 e. The number of carbonyl (C=O) groups excluding carboxylic acids is 1. The van der Waals surface area contributed by atoms with E-state index in [0.29, 0.717) is 0 Å². The SMILES string of the molecule is CC(C)(C)[C@H](N)C(=O)N1CC=C(C(F)(F)F)CC1. The number of nitrogens with zero attached hydrogens (tertiary/aromatic N) is 1. The Morgan fingerprint density at radius 1 is 1.39 bits per heavy atom. The van der Waals surface area contributed by atoms with E-state index in [1.165, 1.54) is 4.90 Å². The largest absolute Gasteiger partial charge is 0.412 e. The zero-order chi connectivity index (χ0) is 14.1. The highest BCUT2D eigenvalue weighted by atomic mass is 19.4. The summed E-state index contributed by atoms with van der Waals surface area (Å²) in [6, 6.07) is -0.696. The van der Waals surface area contributed by atoms with Crippen LogP contribution in [0.3, 0.4) is 0 Å². The topological polar surface area (TPSA) is 46.3 Å². The van der Waals surface area contributed by atoms with E-state index in [0.717, 1.165) is 6.08 Å².